The molecule has 0 amide bonds. The number of anilines is 1. The first-order valence-corrected chi connectivity index (χ1v) is 16.2. The van der Waals surface area contributed by atoms with E-state index in [1.165, 1.54) is 23.3 Å². The SMILES string of the molecule is CCN1CCC(NC(/N=C\c2cc(-c3c(F)ccc(NC)c3F)ccc2C)=C(C)C)CC1.Cc1cc(Cl)cc2c1CCC2O.O=C=O. The second-order valence-electron chi connectivity index (χ2n) is 12.0. The Kier molecular flexibility index (Phi) is 14.3. The van der Waals surface area contributed by atoms with Crippen LogP contribution >= 0.6 is 11.6 Å². The van der Waals surface area contributed by atoms with E-state index in [1.807, 2.05) is 45.9 Å². The summed E-state index contributed by atoms with van der Waals surface area (Å²) in [7, 11) is 1.62. The molecule has 2 aliphatic rings. The van der Waals surface area contributed by atoms with Crippen LogP contribution in [0.25, 0.3) is 11.1 Å². The molecule has 0 bridgehead atoms. The maximum Gasteiger partial charge on any atom is 0.373 e. The summed E-state index contributed by atoms with van der Waals surface area (Å²) in [4.78, 5) is 23.4. The van der Waals surface area contributed by atoms with E-state index >= 15 is 0 Å². The van der Waals surface area contributed by atoms with Gasteiger partial charge in [0.25, 0.3) is 0 Å². The number of nitrogens with zero attached hydrogens (tertiary/aromatic N) is 2. The molecule has 10 heteroatoms. The standard InChI is InChI=1S/C26H34F2N4.C10H11ClO.CO2/c1-6-32-13-11-21(12-14-32)31-26(17(2)3)30-16-20-15-19(8-7-18(20)4)24-22(27)9-10-23(29-5)25(24)28;1-6-4-7(11)5-9-8(6)2-3-10(9)12;2-1-3/h7-10,15-16,21,29,31H,6,11-14H2,1-5H3;4-5,10,12H,2-3H2,1H3;/b30-16-;;. The number of hydrogen-bond acceptors (Lipinski definition) is 7. The fourth-order valence-electron chi connectivity index (χ4n) is 5.85. The first-order valence-electron chi connectivity index (χ1n) is 15.9. The third kappa shape index (κ3) is 10.1. The number of carbonyl (C=O) groups excluding carboxylic acids is 2. The molecule has 5 rings (SSSR count). The lowest BCUT2D eigenvalue weighted by atomic mass is 9.98. The van der Waals surface area contributed by atoms with Gasteiger partial charge in [-0.05, 0) is 129 Å². The molecule has 0 radical (unpaired) electrons. The number of aryl methyl sites for hydroxylation is 2. The van der Waals surface area contributed by atoms with E-state index in [1.54, 1.807) is 25.4 Å². The van der Waals surface area contributed by atoms with Crippen LogP contribution < -0.4 is 10.6 Å². The predicted octanol–water partition coefficient (Wildman–Crippen LogP) is 7.77. The molecular weight excluding hydrogens is 622 g/mol. The van der Waals surface area contributed by atoms with E-state index in [2.05, 4.69) is 22.5 Å². The highest BCUT2D eigenvalue weighted by molar-refractivity contribution is 6.30. The molecule has 3 aromatic carbocycles. The first kappa shape index (κ1) is 37.6. The molecule has 0 saturated carbocycles. The van der Waals surface area contributed by atoms with Gasteiger partial charge in [-0.25, -0.2) is 13.8 Å². The summed E-state index contributed by atoms with van der Waals surface area (Å²) in [6.45, 7) is 13.6. The molecule has 3 N–H and O–H groups in total. The Morgan fingerprint density at radius 1 is 1.06 bits per heavy atom. The Labute approximate surface area is 281 Å². The second-order valence-corrected chi connectivity index (χ2v) is 12.4. The van der Waals surface area contributed by atoms with Crippen LogP contribution in [0, 0.1) is 25.5 Å². The Morgan fingerprint density at radius 3 is 2.36 bits per heavy atom. The normalized spacial score (nSPS) is 15.9. The van der Waals surface area contributed by atoms with Crippen LogP contribution in [0.1, 0.15) is 74.0 Å². The van der Waals surface area contributed by atoms with Crippen molar-refractivity contribution in [1.82, 2.24) is 10.2 Å². The van der Waals surface area contributed by atoms with Crippen LogP contribution in [0.4, 0.5) is 14.5 Å². The predicted molar refractivity (Wildman–Crippen MR) is 185 cm³/mol. The van der Waals surface area contributed by atoms with Gasteiger partial charge in [-0.3, -0.25) is 0 Å². The number of fused-ring (bicyclic) bond motifs is 1. The van der Waals surface area contributed by atoms with Crippen molar-refractivity contribution < 1.29 is 23.5 Å². The molecule has 1 heterocycles. The topological polar surface area (TPSA) is 94.0 Å². The summed E-state index contributed by atoms with van der Waals surface area (Å²) < 4.78 is 29.3. The van der Waals surface area contributed by atoms with E-state index in [0.29, 0.717) is 11.6 Å². The summed E-state index contributed by atoms with van der Waals surface area (Å²) in [6.07, 6.45) is 5.75. The highest BCUT2D eigenvalue weighted by atomic mass is 35.5. The minimum Gasteiger partial charge on any atom is -0.388 e. The number of aliphatic hydroxyl groups excluding tert-OH is 1. The van der Waals surface area contributed by atoms with Gasteiger partial charge in [0.1, 0.15) is 11.6 Å². The summed E-state index contributed by atoms with van der Waals surface area (Å²) in [5.41, 5.74) is 7.16. The van der Waals surface area contributed by atoms with Crippen LogP contribution in [0.2, 0.25) is 5.02 Å². The number of hydrogen-bond donors (Lipinski definition) is 3. The zero-order valence-electron chi connectivity index (χ0n) is 28.0. The van der Waals surface area contributed by atoms with Crippen molar-refractivity contribution in [2.45, 2.75) is 72.4 Å². The minimum absolute atomic E-state index is 0.0326. The zero-order chi connectivity index (χ0) is 34.7. The average molecular weight is 667 g/mol. The number of rotatable bonds is 7. The van der Waals surface area contributed by atoms with Crippen molar-refractivity contribution in [3.05, 3.63) is 98.3 Å². The molecule has 1 saturated heterocycles. The van der Waals surface area contributed by atoms with Gasteiger partial charge in [0, 0.05) is 37.4 Å². The van der Waals surface area contributed by atoms with Crippen LogP contribution in [-0.4, -0.2) is 55.1 Å². The molecule has 0 aromatic heterocycles. The second kappa shape index (κ2) is 17.9. The molecule has 1 aliphatic carbocycles. The lowest BCUT2D eigenvalue weighted by Crippen LogP contribution is -2.42. The van der Waals surface area contributed by atoms with Crippen molar-refractivity contribution >= 4 is 29.7 Å². The number of aliphatic imine (C=N–C) groups is 1. The van der Waals surface area contributed by atoms with E-state index in [9.17, 15) is 13.9 Å². The van der Waals surface area contributed by atoms with Gasteiger partial charge in [0.2, 0.25) is 0 Å². The number of halogens is 3. The number of aliphatic hydroxyl groups is 1. The maximum atomic E-state index is 14.8. The Hall–Kier alpha value is -3.88. The molecule has 0 spiro atoms. The van der Waals surface area contributed by atoms with Gasteiger partial charge in [0.05, 0.1) is 17.4 Å². The molecule has 1 unspecified atom stereocenters. The smallest absolute Gasteiger partial charge is 0.373 e. The molecule has 1 fully saturated rings. The van der Waals surface area contributed by atoms with Gasteiger partial charge < -0.3 is 20.6 Å². The third-order valence-corrected chi connectivity index (χ3v) is 8.83. The van der Waals surface area contributed by atoms with Gasteiger partial charge >= 0.3 is 6.15 Å². The summed E-state index contributed by atoms with van der Waals surface area (Å²) in [5, 5.41) is 16.7. The van der Waals surface area contributed by atoms with Crippen molar-refractivity contribution in [3.8, 4) is 11.1 Å². The van der Waals surface area contributed by atoms with Gasteiger partial charge in [-0.2, -0.15) is 9.59 Å². The van der Waals surface area contributed by atoms with E-state index in [4.69, 9.17) is 26.2 Å². The summed E-state index contributed by atoms with van der Waals surface area (Å²) in [5.74, 6) is -0.318. The van der Waals surface area contributed by atoms with E-state index in [-0.39, 0.29) is 23.5 Å². The first-order chi connectivity index (χ1) is 22.4. The lowest BCUT2D eigenvalue weighted by Gasteiger charge is -2.32. The van der Waals surface area contributed by atoms with Crippen molar-refractivity contribution in [3.63, 3.8) is 0 Å². The van der Waals surface area contributed by atoms with Crippen molar-refractivity contribution in [1.29, 1.82) is 0 Å². The number of likely N-dealkylation sites (tertiary alicyclic amines) is 1. The summed E-state index contributed by atoms with van der Waals surface area (Å²) >= 11 is 5.88. The highest BCUT2D eigenvalue weighted by Gasteiger charge is 2.22. The van der Waals surface area contributed by atoms with Gasteiger partial charge in [-0.1, -0.05) is 30.7 Å². The summed E-state index contributed by atoms with van der Waals surface area (Å²) in [6, 6.07) is 12.3. The molecule has 47 heavy (non-hydrogen) atoms. The van der Waals surface area contributed by atoms with Crippen LogP contribution in [0.5, 0.6) is 0 Å². The molecule has 1 aliphatic heterocycles. The quantitative estimate of drug-likeness (QED) is 0.223. The van der Waals surface area contributed by atoms with Crippen LogP contribution in [0.3, 0.4) is 0 Å². The Bertz CT molecular complexity index is 1620. The third-order valence-electron chi connectivity index (χ3n) is 8.61. The Morgan fingerprint density at radius 2 is 1.74 bits per heavy atom. The van der Waals surface area contributed by atoms with E-state index in [0.717, 1.165) is 78.4 Å². The Balaban J connectivity index is 0.000000329. The van der Waals surface area contributed by atoms with Gasteiger partial charge in [0.15, 0.2) is 5.82 Å². The van der Waals surface area contributed by atoms with Crippen molar-refractivity contribution in [2.24, 2.45) is 4.99 Å². The monoisotopic (exact) mass is 666 g/mol. The molecular formula is C37H45ClF2N4O3. The fraction of sp³-hybridized carbons (Fsp3) is 0.405. The number of nitrogens with one attached hydrogen (secondary N) is 2. The van der Waals surface area contributed by atoms with Crippen LogP contribution in [0.15, 0.2) is 58.9 Å². The molecule has 7 nitrogen and oxygen atoms in total. The van der Waals surface area contributed by atoms with Crippen LogP contribution in [-0.2, 0) is 16.0 Å². The highest BCUT2D eigenvalue weighted by Crippen LogP contribution is 2.35. The van der Waals surface area contributed by atoms with Gasteiger partial charge in [-0.15, -0.1) is 0 Å². The largest absolute Gasteiger partial charge is 0.388 e. The lowest BCUT2D eigenvalue weighted by molar-refractivity contribution is -0.191. The minimum atomic E-state index is -0.593. The zero-order valence-corrected chi connectivity index (χ0v) is 28.8. The number of allylic oxidation sites excluding steroid dienone is 1. The number of piperidine rings is 1. The molecule has 3 aromatic rings. The van der Waals surface area contributed by atoms with E-state index < -0.39 is 11.6 Å². The fourth-order valence-corrected chi connectivity index (χ4v) is 6.13. The molecule has 252 valence electrons. The average Bonchev–Trinajstić information content (AvgIpc) is 3.41. The molecule has 1 atom stereocenters. The number of benzene rings is 3. The maximum absolute atomic E-state index is 14.8. The van der Waals surface area contributed by atoms with Crippen molar-refractivity contribution in [2.75, 3.05) is 32.0 Å².